The number of carboxylic acid groups (broad SMARTS) is 1. The van der Waals surface area contributed by atoms with Crippen LogP contribution in [0.4, 0.5) is 0 Å². The molecule has 0 fully saturated rings. The standard InChI is InChI=1S/C13H19NO3/c1-10(15)8-14-9-12(13(16)17)7-11-5-3-2-4-6-11/h2-6,10,12,14-15H,7-9H2,1H3,(H,16,17)/t10?,12-/m1/s1. The van der Waals surface area contributed by atoms with Crippen LogP contribution in [0, 0.1) is 5.92 Å². The number of aliphatic hydroxyl groups is 1. The second-order valence-electron chi connectivity index (χ2n) is 4.23. The molecule has 1 unspecified atom stereocenters. The van der Waals surface area contributed by atoms with Crippen molar-refractivity contribution in [3.63, 3.8) is 0 Å². The van der Waals surface area contributed by atoms with E-state index in [9.17, 15) is 4.79 Å². The maximum Gasteiger partial charge on any atom is 0.308 e. The van der Waals surface area contributed by atoms with Crippen LogP contribution in [-0.2, 0) is 11.2 Å². The molecule has 0 aliphatic heterocycles. The highest BCUT2D eigenvalue weighted by Gasteiger charge is 2.17. The van der Waals surface area contributed by atoms with E-state index in [1.165, 1.54) is 0 Å². The number of aliphatic hydroxyl groups excluding tert-OH is 1. The number of hydrogen-bond acceptors (Lipinski definition) is 3. The summed E-state index contributed by atoms with van der Waals surface area (Å²) in [6.45, 7) is 2.45. The number of benzene rings is 1. The zero-order chi connectivity index (χ0) is 12.7. The lowest BCUT2D eigenvalue weighted by Crippen LogP contribution is -2.33. The van der Waals surface area contributed by atoms with Crippen LogP contribution < -0.4 is 5.32 Å². The van der Waals surface area contributed by atoms with Crippen molar-refractivity contribution in [1.29, 1.82) is 0 Å². The first-order valence-corrected chi connectivity index (χ1v) is 5.75. The van der Waals surface area contributed by atoms with Gasteiger partial charge in [-0.2, -0.15) is 0 Å². The maximum absolute atomic E-state index is 11.1. The lowest BCUT2D eigenvalue weighted by molar-refractivity contribution is -0.141. The van der Waals surface area contributed by atoms with Gasteiger partial charge >= 0.3 is 5.97 Å². The lowest BCUT2D eigenvalue weighted by Gasteiger charge is -2.14. The second-order valence-corrected chi connectivity index (χ2v) is 4.23. The number of carboxylic acids is 1. The number of carbonyl (C=O) groups is 1. The van der Waals surface area contributed by atoms with Gasteiger partial charge in [0.1, 0.15) is 0 Å². The molecule has 0 saturated carbocycles. The highest BCUT2D eigenvalue weighted by Crippen LogP contribution is 2.08. The van der Waals surface area contributed by atoms with Crippen LogP contribution in [0.3, 0.4) is 0 Å². The summed E-state index contributed by atoms with van der Waals surface area (Å²) in [5.41, 5.74) is 1.01. The van der Waals surface area contributed by atoms with Gasteiger partial charge in [0.25, 0.3) is 0 Å². The number of rotatable bonds is 7. The molecule has 4 nitrogen and oxygen atoms in total. The van der Waals surface area contributed by atoms with Crippen LogP contribution in [0.2, 0.25) is 0 Å². The summed E-state index contributed by atoms with van der Waals surface area (Å²) < 4.78 is 0. The van der Waals surface area contributed by atoms with Crippen LogP contribution >= 0.6 is 0 Å². The SMILES string of the molecule is CC(O)CNC[C@@H](Cc1ccccc1)C(=O)O. The third kappa shape index (κ3) is 5.47. The van der Waals surface area contributed by atoms with Gasteiger partial charge in [-0.1, -0.05) is 30.3 Å². The van der Waals surface area contributed by atoms with Crippen molar-refractivity contribution in [3.05, 3.63) is 35.9 Å². The van der Waals surface area contributed by atoms with Crippen molar-refractivity contribution < 1.29 is 15.0 Å². The van der Waals surface area contributed by atoms with Crippen molar-refractivity contribution >= 4 is 5.97 Å². The molecule has 0 aliphatic carbocycles. The van der Waals surface area contributed by atoms with Gasteiger partial charge in [-0.25, -0.2) is 0 Å². The highest BCUT2D eigenvalue weighted by atomic mass is 16.4. The molecule has 0 bridgehead atoms. The summed E-state index contributed by atoms with van der Waals surface area (Å²) in [6, 6.07) is 9.55. The van der Waals surface area contributed by atoms with Crippen molar-refractivity contribution in [2.45, 2.75) is 19.4 Å². The van der Waals surface area contributed by atoms with Crippen molar-refractivity contribution in [2.24, 2.45) is 5.92 Å². The normalized spacial score (nSPS) is 14.2. The molecule has 1 rings (SSSR count). The summed E-state index contributed by atoms with van der Waals surface area (Å²) in [7, 11) is 0. The molecule has 0 aliphatic rings. The van der Waals surface area contributed by atoms with Gasteiger partial charge in [0.05, 0.1) is 12.0 Å². The minimum absolute atomic E-state index is 0.370. The van der Waals surface area contributed by atoms with Gasteiger partial charge in [-0.3, -0.25) is 4.79 Å². The van der Waals surface area contributed by atoms with E-state index in [1.54, 1.807) is 6.92 Å². The van der Waals surface area contributed by atoms with E-state index in [1.807, 2.05) is 30.3 Å². The fraction of sp³-hybridized carbons (Fsp3) is 0.462. The predicted octanol–water partition coefficient (Wildman–Crippen LogP) is 0.900. The first-order valence-electron chi connectivity index (χ1n) is 5.75. The van der Waals surface area contributed by atoms with Crippen molar-refractivity contribution in [1.82, 2.24) is 5.32 Å². The Morgan fingerprint density at radius 2 is 1.94 bits per heavy atom. The zero-order valence-electron chi connectivity index (χ0n) is 9.97. The van der Waals surface area contributed by atoms with Gasteiger partial charge in [0.2, 0.25) is 0 Å². The number of aliphatic carboxylic acids is 1. The highest BCUT2D eigenvalue weighted by molar-refractivity contribution is 5.70. The third-order valence-electron chi connectivity index (χ3n) is 2.50. The Kier molecular flexibility index (Phi) is 5.66. The van der Waals surface area contributed by atoms with Crippen LogP contribution in [-0.4, -0.2) is 35.4 Å². The third-order valence-corrected chi connectivity index (χ3v) is 2.50. The topological polar surface area (TPSA) is 69.6 Å². The van der Waals surface area contributed by atoms with Gasteiger partial charge in [0.15, 0.2) is 0 Å². The molecule has 2 atom stereocenters. The Labute approximate surface area is 101 Å². The average molecular weight is 237 g/mol. The van der Waals surface area contributed by atoms with E-state index in [4.69, 9.17) is 10.2 Å². The fourth-order valence-electron chi connectivity index (χ4n) is 1.61. The van der Waals surface area contributed by atoms with E-state index in [-0.39, 0.29) is 0 Å². The lowest BCUT2D eigenvalue weighted by atomic mass is 9.99. The Morgan fingerprint density at radius 1 is 1.29 bits per heavy atom. The number of hydrogen-bond donors (Lipinski definition) is 3. The van der Waals surface area contributed by atoms with E-state index in [2.05, 4.69) is 5.32 Å². The number of nitrogens with one attached hydrogen (secondary N) is 1. The molecular weight excluding hydrogens is 218 g/mol. The van der Waals surface area contributed by atoms with E-state index in [0.717, 1.165) is 5.56 Å². The minimum Gasteiger partial charge on any atom is -0.481 e. The Morgan fingerprint density at radius 3 is 2.47 bits per heavy atom. The van der Waals surface area contributed by atoms with Gasteiger partial charge in [0, 0.05) is 13.1 Å². The van der Waals surface area contributed by atoms with Crippen molar-refractivity contribution in [3.8, 4) is 0 Å². The Bertz CT molecular complexity index is 338. The predicted molar refractivity (Wildman–Crippen MR) is 65.8 cm³/mol. The fourth-order valence-corrected chi connectivity index (χ4v) is 1.61. The molecule has 1 aromatic carbocycles. The zero-order valence-corrected chi connectivity index (χ0v) is 9.97. The van der Waals surface area contributed by atoms with Gasteiger partial charge in [-0.05, 0) is 18.9 Å². The molecule has 1 aromatic rings. The van der Waals surface area contributed by atoms with Crippen LogP contribution in [0.1, 0.15) is 12.5 Å². The first kappa shape index (κ1) is 13.7. The summed E-state index contributed by atoms with van der Waals surface area (Å²) in [4.78, 5) is 11.1. The maximum atomic E-state index is 11.1. The molecule has 0 saturated heterocycles. The molecule has 0 heterocycles. The summed E-state index contributed by atoms with van der Waals surface area (Å²) in [6.07, 6.45) is 0.0457. The molecule has 3 N–H and O–H groups in total. The molecule has 0 spiro atoms. The van der Waals surface area contributed by atoms with Crippen LogP contribution in [0.25, 0.3) is 0 Å². The summed E-state index contributed by atoms with van der Waals surface area (Å²) >= 11 is 0. The molecule has 4 heteroatoms. The molecule has 17 heavy (non-hydrogen) atoms. The molecule has 0 amide bonds. The van der Waals surface area contributed by atoms with E-state index >= 15 is 0 Å². The quantitative estimate of drug-likeness (QED) is 0.659. The van der Waals surface area contributed by atoms with Crippen LogP contribution in [0.5, 0.6) is 0 Å². The largest absolute Gasteiger partial charge is 0.481 e. The van der Waals surface area contributed by atoms with Gasteiger partial charge in [-0.15, -0.1) is 0 Å². The van der Waals surface area contributed by atoms with Gasteiger partial charge < -0.3 is 15.5 Å². The molecule has 0 radical (unpaired) electrons. The van der Waals surface area contributed by atoms with Crippen LogP contribution in [0.15, 0.2) is 30.3 Å². The minimum atomic E-state index is -0.813. The van der Waals surface area contributed by atoms with E-state index in [0.29, 0.717) is 19.5 Å². The summed E-state index contributed by atoms with van der Waals surface area (Å²) in [5, 5.41) is 21.1. The summed E-state index contributed by atoms with van der Waals surface area (Å²) in [5.74, 6) is -1.27. The Hall–Kier alpha value is -1.39. The Balaban J connectivity index is 2.47. The molecular formula is C13H19NO3. The van der Waals surface area contributed by atoms with E-state index < -0.39 is 18.0 Å². The molecule has 94 valence electrons. The van der Waals surface area contributed by atoms with Crippen molar-refractivity contribution in [2.75, 3.05) is 13.1 Å². The average Bonchev–Trinajstić information content (AvgIpc) is 2.28. The second kappa shape index (κ2) is 7.04. The first-order chi connectivity index (χ1) is 8.09. The monoisotopic (exact) mass is 237 g/mol. The smallest absolute Gasteiger partial charge is 0.308 e. The molecule has 0 aromatic heterocycles.